The van der Waals surface area contributed by atoms with E-state index in [1.807, 2.05) is 0 Å². The third-order valence-electron chi connectivity index (χ3n) is 3.88. The van der Waals surface area contributed by atoms with E-state index in [-0.39, 0.29) is 0 Å². The summed E-state index contributed by atoms with van der Waals surface area (Å²) in [5.41, 5.74) is 0. The van der Waals surface area contributed by atoms with Gasteiger partial charge in [0, 0.05) is 13.3 Å². The molecule has 136 valence electrons. The van der Waals surface area contributed by atoms with E-state index < -0.39 is 67.1 Å². The van der Waals surface area contributed by atoms with E-state index in [1.165, 1.54) is 0 Å². The predicted molar refractivity (Wildman–Crippen MR) is 77.1 cm³/mol. The highest BCUT2D eigenvalue weighted by Crippen LogP contribution is 2.37. The summed E-state index contributed by atoms with van der Waals surface area (Å²) in [4.78, 5) is 22.7. The third-order valence-corrected chi connectivity index (χ3v) is 3.88. The Morgan fingerprint density at radius 2 is 2.00 bits per heavy atom. The van der Waals surface area contributed by atoms with Crippen molar-refractivity contribution in [1.82, 2.24) is 5.32 Å². The minimum Gasteiger partial charge on any atom is -0.477 e. The topological polar surface area (TPSA) is 177 Å². The number of carboxylic acid groups (broad SMARTS) is 1. The summed E-state index contributed by atoms with van der Waals surface area (Å²) in [5.74, 6) is -4.87. The molecule has 10 nitrogen and oxygen atoms in total. The van der Waals surface area contributed by atoms with Gasteiger partial charge in [0.15, 0.2) is 0 Å². The van der Waals surface area contributed by atoms with Gasteiger partial charge in [-0.1, -0.05) is 0 Å². The van der Waals surface area contributed by atoms with Crippen LogP contribution in [0.3, 0.4) is 0 Å². The van der Waals surface area contributed by atoms with E-state index in [9.17, 15) is 35.1 Å². The van der Waals surface area contributed by atoms with Crippen LogP contribution in [0.15, 0.2) is 0 Å². The molecule has 0 radical (unpaired) electrons. The summed E-state index contributed by atoms with van der Waals surface area (Å²) < 4.78 is 5.03. The van der Waals surface area contributed by atoms with Crippen molar-refractivity contribution in [3.05, 3.63) is 0 Å². The largest absolute Gasteiger partial charge is 0.477 e. The van der Waals surface area contributed by atoms with Gasteiger partial charge in [-0.05, 0) is 0 Å². The quantitative estimate of drug-likeness (QED) is 0.239. The minimum absolute atomic E-state index is 0.397. The molecule has 0 aromatic rings. The first-order chi connectivity index (χ1) is 11.1. The number of terminal acetylenes is 1. The fraction of sp³-hybridized carbons (Fsp3) is 0.714. The highest BCUT2D eigenvalue weighted by Gasteiger charge is 2.59. The standard InChI is InChI=1S/C14H21NO9/c1-3-4-7-10(19)9(15-6(2)17)12(11(20)8(18)5-16)24-14(7,23)13(21)22/h1,7-12,16,18-20,23H,4-5H2,2H3,(H,15,17)(H,21,22)/t7?,8-,9-,10+,11?,12-,14-/m1/s1. The summed E-state index contributed by atoms with van der Waals surface area (Å²) in [5, 5.41) is 60.7. The average Bonchev–Trinajstić information content (AvgIpc) is 2.52. The normalized spacial score (nSPS) is 35.5. The van der Waals surface area contributed by atoms with Crippen molar-refractivity contribution in [3.8, 4) is 12.3 Å². The monoisotopic (exact) mass is 347 g/mol. The molecular weight excluding hydrogens is 326 g/mol. The lowest BCUT2D eigenvalue weighted by molar-refractivity contribution is -0.319. The fourth-order valence-corrected chi connectivity index (χ4v) is 2.65. The number of hydrogen-bond acceptors (Lipinski definition) is 8. The Balaban J connectivity index is 3.31. The van der Waals surface area contributed by atoms with Gasteiger partial charge in [-0.2, -0.15) is 0 Å². The second kappa shape index (κ2) is 7.89. The first-order valence-electron chi connectivity index (χ1n) is 7.09. The molecule has 10 heteroatoms. The molecule has 24 heavy (non-hydrogen) atoms. The zero-order valence-corrected chi connectivity index (χ0v) is 12.9. The first-order valence-corrected chi connectivity index (χ1v) is 7.09. The Morgan fingerprint density at radius 1 is 1.42 bits per heavy atom. The number of aliphatic carboxylic acids is 1. The number of carbonyl (C=O) groups excluding carboxylic acids is 1. The molecule has 0 bridgehead atoms. The number of nitrogens with one attached hydrogen (secondary N) is 1. The summed E-state index contributed by atoms with van der Waals surface area (Å²) in [6.45, 7) is 0.204. The second-order valence-corrected chi connectivity index (χ2v) is 5.56. The Bertz CT molecular complexity index is 519. The molecule has 0 aliphatic carbocycles. The van der Waals surface area contributed by atoms with Crippen LogP contribution in [0.4, 0.5) is 0 Å². The number of hydrogen-bond donors (Lipinski definition) is 7. The van der Waals surface area contributed by atoms with E-state index in [1.54, 1.807) is 0 Å². The number of aliphatic hydroxyl groups excluding tert-OH is 4. The molecule has 1 saturated heterocycles. The number of aliphatic hydroxyl groups is 5. The number of rotatable bonds is 6. The zero-order chi connectivity index (χ0) is 18.7. The van der Waals surface area contributed by atoms with Crippen molar-refractivity contribution >= 4 is 11.9 Å². The van der Waals surface area contributed by atoms with Crippen LogP contribution in [0.2, 0.25) is 0 Å². The molecule has 0 aromatic carbocycles. The number of amides is 1. The van der Waals surface area contributed by atoms with E-state index in [2.05, 4.69) is 11.2 Å². The molecule has 1 aliphatic heterocycles. The average molecular weight is 347 g/mol. The van der Waals surface area contributed by atoms with Crippen LogP contribution in [0.5, 0.6) is 0 Å². The van der Waals surface area contributed by atoms with Crippen LogP contribution in [0, 0.1) is 18.3 Å². The second-order valence-electron chi connectivity index (χ2n) is 5.56. The van der Waals surface area contributed by atoms with Gasteiger partial charge >= 0.3 is 5.97 Å². The van der Waals surface area contributed by atoms with Crippen LogP contribution in [-0.2, 0) is 14.3 Å². The molecule has 1 heterocycles. The van der Waals surface area contributed by atoms with E-state index >= 15 is 0 Å². The van der Waals surface area contributed by atoms with Gasteiger partial charge in [-0.15, -0.1) is 12.3 Å². The molecule has 1 rings (SSSR count). The van der Waals surface area contributed by atoms with Gasteiger partial charge in [0.1, 0.15) is 18.3 Å². The van der Waals surface area contributed by atoms with Crippen LogP contribution in [-0.4, -0.2) is 85.4 Å². The molecule has 0 aromatic heterocycles. The van der Waals surface area contributed by atoms with E-state index in [0.717, 1.165) is 6.92 Å². The fourth-order valence-electron chi connectivity index (χ4n) is 2.65. The number of ether oxygens (including phenoxy) is 1. The maximum atomic E-state index is 11.4. The van der Waals surface area contributed by atoms with Gasteiger partial charge in [0.05, 0.1) is 24.7 Å². The highest BCUT2D eigenvalue weighted by molar-refractivity contribution is 5.77. The lowest BCUT2D eigenvalue weighted by atomic mass is 9.79. The third kappa shape index (κ3) is 3.84. The summed E-state index contributed by atoms with van der Waals surface area (Å²) in [6.07, 6.45) is -2.37. The molecule has 1 fully saturated rings. The van der Waals surface area contributed by atoms with Crippen molar-refractivity contribution in [2.45, 2.75) is 49.6 Å². The molecule has 7 atom stereocenters. The van der Waals surface area contributed by atoms with E-state index in [0.29, 0.717) is 0 Å². The van der Waals surface area contributed by atoms with E-state index in [4.69, 9.17) is 16.3 Å². The molecule has 1 aliphatic rings. The molecule has 0 spiro atoms. The van der Waals surface area contributed by atoms with Gasteiger partial charge in [-0.25, -0.2) is 4.79 Å². The predicted octanol–water partition coefficient (Wildman–Crippen LogP) is -3.62. The van der Waals surface area contributed by atoms with Crippen LogP contribution in [0.1, 0.15) is 13.3 Å². The number of carboxylic acids is 1. The first kappa shape index (κ1) is 20.3. The van der Waals surface area contributed by atoms with Crippen molar-refractivity contribution < 1.29 is 45.0 Å². The summed E-state index contributed by atoms with van der Waals surface area (Å²) in [7, 11) is 0. The Morgan fingerprint density at radius 3 is 2.42 bits per heavy atom. The lowest BCUT2D eigenvalue weighted by Crippen LogP contribution is -2.71. The van der Waals surface area contributed by atoms with Crippen molar-refractivity contribution in [2.75, 3.05) is 6.61 Å². The summed E-state index contributed by atoms with van der Waals surface area (Å²) >= 11 is 0. The molecular formula is C14H21NO9. The van der Waals surface area contributed by atoms with Gasteiger partial charge in [0.25, 0.3) is 5.79 Å². The minimum atomic E-state index is -2.96. The zero-order valence-electron chi connectivity index (χ0n) is 12.9. The Kier molecular flexibility index (Phi) is 6.67. The van der Waals surface area contributed by atoms with Gasteiger partial charge < -0.3 is 40.7 Å². The van der Waals surface area contributed by atoms with Crippen LogP contribution >= 0.6 is 0 Å². The maximum Gasteiger partial charge on any atom is 0.364 e. The Labute approximate surface area is 137 Å². The Hall–Kier alpha value is -1.74. The maximum absolute atomic E-state index is 11.4. The SMILES string of the molecule is C#CCC1[C@H](O)[C@@H](NC(C)=O)[C@H](C(O)[C@H](O)CO)O[C@@]1(O)C(=O)O. The lowest BCUT2D eigenvalue weighted by Gasteiger charge is -2.48. The smallest absolute Gasteiger partial charge is 0.364 e. The van der Waals surface area contributed by atoms with Crippen LogP contribution in [0.25, 0.3) is 0 Å². The summed E-state index contributed by atoms with van der Waals surface area (Å²) in [6, 6.07) is -1.38. The van der Waals surface area contributed by atoms with Gasteiger partial charge in [0.2, 0.25) is 5.91 Å². The van der Waals surface area contributed by atoms with Crippen molar-refractivity contribution in [1.29, 1.82) is 0 Å². The number of carbonyl (C=O) groups is 2. The molecule has 2 unspecified atom stereocenters. The van der Waals surface area contributed by atoms with Crippen molar-refractivity contribution in [2.24, 2.45) is 5.92 Å². The highest BCUT2D eigenvalue weighted by atomic mass is 16.7. The molecule has 7 N–H and O–H groups in total. The van der Waals surface area contributed by atoms with Crippen LogP contribution < -0.4 is 5.32 Å². The van der Waals surface area contributed by atoms with Crippen molar-refractivity contribution in [3.63, 3.8) is 0 Å². The molecule has 1 amide bonds. The van der Waals surface area contributed by atoms with Gasteiger partial charge in [-0.3, -0.25) is 4.79 Å². The molecule has 0 saturated carbocycles.